The summed E-state index contributed by atoms with van der Waals surface area (Å²) >= 11 is 0. The summed E-state index contributed by atoms with van der Waals surface area (Å²) < 4.78 is 4.91. The first kappa shape index (κ1) is 17.8. The first-order valence-corrected chi connectivity index (χ1v) is 8.66. The number of rotatable bonds is 3. The molecule has 0 unspecified atom stereocenters. The van der Waals surface area contributed by atoms with Crippen molar-refractivity contribution in [2.75, 3.05) is 20.2 Å². The number of hydrogen-bond donors (Lipinski definition) is 1. The first-order valence-electron chi connectivity index (χ1n) is 8.66. The highest BCUT2D eigenvalue weighted by atomic mass is 16.5. The molecule has 2 fully saturated rings. The van der Waals surface area contributed by atoms with Crippen molar-refractivity contribution in [3.8, 4) is 0 Å². The lowest BCUT2D eigenvalue weighted by atomic mass is 9.91. The molecule has 2 amide bonds. The topological polar surface area (TPSA) is 75.7 Å². The van der Waals surface area contributed by atoms with Gasteiger partial charge in [0.25, 0.3) is 0 Å². The third-order valence-electron chi connectivity index (χ3n) is 5.16. The maximum Gasteiger partial charge on any atom is 0.310 e. The third kappa shape index (κ3) is 4.69. The summed E-state index contributed by atoms with van der Waals surface area (Å²) in [6, 6.07) is -0.122. The van der Waals surface area contributed by atoms with Crippen LogP contribution in [0.25, 0.3) is 0 Å². The minimum atomic E-state index is -0.233. The van der Waals surface area contributed by atoms with Gasteiger partial charge in [0.2, 0.25) is 11.8 Å². The van der Waals surface area contributed by atoms with Gasteiger partial charge in [-0.3, -0.25) is 14.4 Å². The number of carbonyl (C=O) groups excluding carboxylic acids is 3. The van der Waals surface area contributed by atoms with E-state index in [0.717, 1.165) is 32.1 Å². The van der Waals surface area contributed by atoms with Crippen LogP contribution >= 0.6 is 0 Å². The largest absolute Gasteiger partial charge is 0.469 e. The fourth-order valence-corrected chi connectivity index (χ4v) is 3.67. The molecule has 0 aromatic carbocycles. The number of esters is 1. The Morgan fingerprint density at radius 3 is 2.26 bits per heavy atom. The van der Waals surface area contributed by atoms with Gasteiger partial charge in [0.1, 0.15) is 0 Å². The van der Waals surface area contributed by atoms with Crippen molar-refractivity contribution in [3.05, 3.63) is 0 Å². The lowest BCUT2D eigenvalue weighted by Gasteiger charge is -2.32. The molecule has 1 N–H and O–H groups in total. The SMILES string of the molecule is COC(=O)[C@@H]1CCCCC[C@H]1NC(=O)C1CCN(C(C)=O)CC1. The van der Waals surface area contributed by atoms with Gasteiger partial charge in [0, 0.05) is 32.0 Å². The Morgan fingerprint density at radius 2 is 1.65 bits per heavy atom. The van der Waals surface area contributed by atoms with Crippen molar-refractivity contribution >= 4 is 17.8 Å². The molecule has 6 heteroatoms. The fourth-order valence-electron chi connectivity index (χ4n) is 3.67. The molecule has 2 atom stereocenters. The molecule has 0 spiro atoms. The van der Waals surface area contributed by atoms with Gasteiger partial charge in [-0.1, -0.05) is 19.3 Å². The minimum Gasteiger partial charge on any atom is -0.469 e. The number of ether oxygens (including phenoxy) is 1. The van der Waals surface area contributed by atoms with Crippen LogP contribution in [0.5, 0.6) is 0 Å². The Balaban J connectivity index is 1.92. The lowest BCUT2D eigenvalue weighted by molar-refractivity contribution is -0.147. The highest BCUT2D eigenvalue weighted by Gasteiger charge is 2.34. The Labute approximate surface area is 137 Å². The highest BCUT2D eigenvalue weighted by Crippen LogP contribution is 2.26. The lowest BCUT2D eigenvalue weighted by Crippen LogP contribution is -2.48. The summed E-state index contributed by atoms with van der Waals surface area (Å²) in [5.41, 5.74) is 0. The zero-order valence-corrected chi connectivity index (χ0v) is 14.2. The maximum absolute atomic E-state index is 12.5. The van der Waals surface area contributed by atoms with Crippen molar-refractivity contribution in [1.82, 2.24) is 10.2 Å². The molecule has 1 aliphatic heterocycles. The van der Waals surface area contributed by atoms with E-state index in [9.17, 15) is 14.4 Å². The Hall–Kier alpha value is -1.59. The second kappa shape index (κ2) is 8.31. The molecule has 2 aliphatic rings. The van der Waals surface area contributed by atoms with Crippen molar-refractivity contribution in [3.63, 3.8) is 0 Å². The molecule has 6 nitrogen and oxygen atoms in total. The number of nitrogens with zero attached hydrogens (tertiary/aromatic N) is 1. The van der Waals surface area contributed by atoms with Gasteiger partial charge in [-0.05, 0) is 25.7 Å². The van der Waals surface area contributed by atoms with Crippen LogP contribution < -0.4 is 5.32 Å². The molecule has 130 valence electrons. The average molecular weight is 324 g/mol. The minimum absolute atomic E-state index is 0.0222. The smallest absolute Gasteiger partial charge is 0.310 e. The zero-order chi connectivity index (χ0) is 16.8. The normalized spacial score (nSPS) is 26.3. The number of carbonyl (C=O) groups is 3. The van der Waals surface area contributed by atoms with Gasteiger partial charge in [-0.15, -0.1) is 0 Å². The van der Waals surface area contributed by atoms with Crippen molar-refractivity contribution in [2.24, 2.45) is 11.8 Å². The van der Waals surface area contributed by atoms with Crippen LogP contribution in [-0.2, 0) is 19.1 Å². The zero-order valence-electron chi connectivity index (χ0n) is 14.2. The molecule has 0 aromatic heterocycles. The Bertz CT molecular complexity index is 444. The molecule has 1 saturated carbocycles. The van der Waals surface area contributed by atoms with E-state index in [1.807, 2.05) is 0 Å². The number of amides is 2. The van der Waals surface area contributed by atoms with Crippen LogP contribution in [0.3, 0.4) is 0 Å². The molecular formula is C17H28N2O4. The quantitative estimate of drug-likeness (QED) is 0.630. The number of methoxy groups -OCH3 is 1. The van der Waals surface area contributed by atoms with Crippen molar-refractivity contribution in [1.29, 1.82) is 0 Å². The van der Waals surface area contributed by atoms with Crippen LogP contribution in [0.4, 0.5) is 0 Å². The van der Waals surface area contributed by atoms with Gasteiger partial charge >= 0.3 is 5.97 Å². The first-order chi connectivity index (χ1) is 11.0. The highest BCUT2D eigenvalue weighted by molar-refractivity contribution is 5.81. The van der Waals surface area contributed by atoms with Crippen LogP contribution in [0, 0.1) is 11.8 Å². The van der Waals surface area contributed by atoms with Gasteiger partial charge < -0.3 is 15.0 Å². The molecule has 0 bridgehead atoms. The van der Waals surface area contributed by atoms with Gasteiger partial charge in [0.05, 0.1) is 13.0 Å². The second-order valence-electron chi connectivity index (χ2n) is 6.66. The van der Waals surface area contributed by atoms with E-state index in [1.165, 1.54) is 7.11 Å². The fraction of sp³-hybridized carbons (Fsp3) is 0.824. The van der Waals surface area contributed by atoms with Crippen molar-refractivity contribution in [2.45, 2.75) is 57.9 Å². The van der Waals surface area contributed by atoms with E-state index < -0.39 is 0 Å². The summed E-state index contributed by atoms with van der Waals surface area (Å²) in [5, 5.41) is 3.09. The van der Waals surface area contributed by atoms with Gasteiger partial charge in [-0.25, -0.2) is 0 Å². The van der Waals surface area contributed by atoms with Gasteiger partial charge in [-0.2, -0.15) is 0 Å². The summed E-state index contributed by atoms with van der Waals surface area (Å²) in [7, 11) is 1.41. The van der Waals surface area contributed by atoms with Gasteiger partial charge in [0.15, 0.2) is 0 Å². The number of hydrogen-bond acceptors (Lipinski definition) is 4. The number of likely N-dealkylation sites (tertiary alicyclic amines) is 1. The Morgan fingerprint density at radius 1 is 1.00 bits per heavy atom. The maximum atomic E-state index is 12.5. The van der Waals surface area contributed by atoms with E-state index >= 15 is 0 Å². The summed E-state index contributed by atoms with van der Waals surface area (Å²) in [4.78, 5) is 37.7. The second-order valence-corrected chi connectivity index (χ2v) is 6.66. The van der Waals surface area contributed by atoms with Crippen LogP contribution in [0.15, 0.2) is 0 Å². The molecule has 1 saturated heterocycles. The predicted octanol–water partition coefficient (Wildman–Crippen LogP) is 1.48. The molecule has 1 heterocycles. The summed E-state index contributed by atoms with van der Waals surface area (Å²) in [6.07, 6.45) is 6.13. The molecular weight excluding hydrogens is 296 g/mol. The predicted molar refractivity (Wildman–Crippen MR) is 85.5 cm³/mol. The number of nitrogens with one attached hydrogen (secondary N) is 1. The molecule has 23 heavy (non-hydrogen) atoms. The van der Waals surface area contributed by atoms with E-state index in [-0.39, 0.29) is 35.7 Å². The molecule has 2 rings (SSSR count). The summed E-state index contributed by atoms with van der Waals surface area (Å²) in [5.74, 6) is -0.424. The average Bonchev–Trinajstić information content (AvgIpc) is 2.79. The van der Waals surface area contributed by atoms with E-state index in [2.05, 4.69) is 5.32 Å². The van der Waals surface area contributed by atoms with E-state index in [4.69, 9.17) is 4.74 Å². The monoisotopic (exact) mass is 324 g/mol. The number of piperidine rings is 1. The standard InChI is InChI=1S/C17H28N2O4/c1-12(20)19-10-8-13(9-11-19)16(21)18-15-7-5-3-4-6-14(15)17(22)23-2/h13-15H,3-11H2,1-2H3,(H,18,21)/t14-,15-/m1/s1. The van der Waals surface area contributed by atoms with E-state index in [0.29, 0.717) is 25.9 Å². The van der Waals surface area contributed by atoms with E-state index in [1.54, 1.807) is 11.8 Å². The third-order valence-corrected chi connectivity index (χ3v) is 5.16. The van der Waals surface area contributed by atoms with Crippen LogP contribution in [-0.4, -0.2) is 48.9 Å². The molecule has 1 aliphatic carbocycles. The Kier molecular flexibility index (Phi) is 6.42. The van der Waals surface area contributed by atoms with Crippen molar-refractivity contribution < 1.29 is 19.1 Å². The molecule has 0 radical (unpaired) electrons. The van der Waals surface area contributed by atoms with Crippen LogP contribution in [0.2, 0.25) is 0 Å². The molecule has 0 aromatic rings. The van der Waals surface area contributed by atoms with Crippen LogP contribution in [0.1, 0.15) is 51.9 Å². The summed E-state index contributed by atoms with van der Waals surface area (Å²) in [6.45, 7) is 2.84.